The van der Waals surface area contributed by atoms with Gasteiger partial charge in [-0.3, -0.25) is 4.79 Å². The fourth-order valence-corrected chi connectivity index (χ4v) is 2.11. The molecule has 0 saturated carbocycles. The van der Waals surface area contributed by atoms with Gasteiger partial charge in [0.25, 0.3) is 0 Å². The molecule has 1 amide bonds. The summed E-state index contributed by atoms with van der Waals surface area (Å²) in [5.41, 5.74) is 0. The van der Waals surface area contributed by atoms with Crippen molar-refractivity contribution < 1.29 is 4.79 Å². The van der Waals surface area contributed by atoms with Crippen LogP contribution in [0.4, 0.5) is 0 Å². The van der Waals surface area contributed by atoms with E-state index >= 15 is 0 Å². The summed E-state index contributed by atoms with van der Waals surface area (Å²) in [6, 6.07) is -0.133. The number of rotatable bonds is 7. The lowest BCUT2D eigenvalue weighted by atomic mass is 10.1. The lowest BCUT2D eigenvalue weighted by Crippen LogP contribution is -2.29. The molecule has 0 spiro atoms. The minimum absolute atomic E-state index is 0.0329. The van der Waals surface area contributed by atoms with Gasteiger partial charge in [-0.1, -0.05) is 18.6 Å². The van der Waals surface area contributed by atoms with Crippen molar-refractivity contribution in [2.45, 2.75) is 45.2 Å². The Morgan fingerprint density at radius 1 is 1.55 bits per heavy atom. The SMILES string of the molecule is CCCC(CC(=O)NC(C)c1nn[nH]n1)n1ccnc1. The average Bonchev–Trinajstić information content (AvgIpc) is 3.11. The number of hydrogen-bond donors (Lipinski definition) is 2. The maximum Gasteiger partial charge on any atom is 0.222 e. The number of H-pyrrole nitrogens is 1. The van der Waals surface area contributed by atoms with Crippen molar-refractivity contribution in [3.8, 4) is 0 Å². The number of hydrogen-bond acceptors (Lipinski definition) is 5. The van der Waals surface area contributed by atoms with Crippen LogP contribution in [-0.2, 0) is 4.79 Å². The van der Waals surface area contributed by atoms with Crippen LogP contribution in [0.3, 0.4) is 0 Å². The predicted molar refractivity (Wildman–Crippen MR) is 71.5 cm³/mol. The normalized spacial score (nSPS) is 13.9. The molecule has 0 radical (unpaired) electrons. The molecular weight excluding hydrogens is 258 g/mol. The molecule has 0 aliphatic heterocycles. The summed E-state index contributed by atoms with van der Waals surface area (Å²) < 4.78 is 1.97. The van der Waals surface area contributed by atoms with Crippen LogP contribution in [0.5, 0.6) is 0 Å². The molecule has 20 heavy (non-hydrogen) atoms. The van der Waals surface area contributed by atoms with Crippen molar-refractivity contribution >= 4 is 5.91 Å². The van der Waals surface area contributed by atoms with Crippen LogP contribution in [0.15, 0.2) is 18.7 Å². The molecule has 0 bridgehead atoms. The summed E-state index contributed by atoms with van der Waals surface area (Å²) in [7, 11) is 0. The van der Waals surface area contributed by atoms with Crippen LogP contribution >= 0.6 is 0 Å². The minimum Gasteiger partial charge on any atom is -0.346 e. The Bertz CT molecular complexity index is 508. The number of imidazole rings is 1. The molecule has 2 heterocycles. The fraction of sp³-hybridized carbons (Fsp3) is 0.583. The van der Waals surface area contributed by atoms with Gasteiger partial charge < -0.3 is 9.88 Å². The molecule has 0 fully saturated rings. The van der Waals surface area contributed by atoms with Crippen LogP contribution < -0.4 is 5.32 Å². The summed E-state index contributed by atoms with van der Waals surface area (Å²) in [5.74, 6) is 0.447. The van der Waals surface area contributed by atoms with Crippen LogP contribution in [0.25, 0.3) is 0 Å². The van der Waals surface area contributed by atoms with Crippen molar-refractivity contribution in [1.82, 2.24) is 35.5 Å². The van der Waals surface area contributed by atoms with E-state index in [1.54, 1.807) is 12.5 Å². The largest absolute Gasteiger partial charge is 0.346 e. The third kappa shape index (κ3) is 3.62. The van der Waals surface area contributed by atoms with E-state index in [-0.39, 0.29) is 18.0 Å². The van der Waals surface area contributed by atoms with Crippen LogP contribution in [0, 0.1) is 0 Å². The first-order valence-corrected chi connectivity index (χ1v) is 6.70. The quantitative estimate of drug-likeness (QED) is 0.786. The van der Waals surface area contributed by atoms with Crippen molar-refractivity contribution in [1.29, 1.82) is 0 Å². The highest BCUT2D eigenvalue weighted by Gasteiger charge is 2.18. The molecule has 0 aliphatic carbocycles. The lowest BCUT2D eigenvalue weighted by molar-refractivity contribution is -0.122. The van der Waals surface area contributed by atoms with Crippen molar-refractivity contribution in [2.24, 2.45) is 0 Å². The Morgan fingerprint density at radius 2 is 2.40 bits per heavy atom. The molecule has 0 aromatic carbocycles. The highest BCUT2D eigenvalue weighted by Crippen LogP contribution is 2.18. The van der Waals surface area contributed by atoms with Crippen LogP contribution in [0.1, 0.15) is 51.0 Å². The maximum absolute atomic E-state index is 12.1. The zero-order chi connectivity index (χ0) is 14.4. The number of aromatic amines is 1. The van der Waals surface area contributed by atoms with Crippen molar-refractivity contribution in [3.63, 3.8) is 0 Å². The Labute approximate surface area is 117 Å². The number of amides is 1. The predicted octanol–water partition coefficient (Wildman–Crippen LogP) is 1.00. The van der Waals surface area contributed by atoms with Crippen molar-refractivity contribution in [2.75, 3.05) is 0 Å². The van der Waals surface area contributed by atoms with Gasteiger partial charge in [0.2, 0.25) is 5.91 Å². The zero-order valence-corrected chi connectivity index (χ0v) is 11.7. The number of tetrazole rings is 1. The Kier molecular flexibility index (Phi) is 4.80. The van der Waals surface area contributed by atoms with Gasteiger partial charge in [0.05, 0.1) is 12.4 Å². The summed E-state index contributed by atoms with van der Waals surface area (Å²) in [5, 5.41) is 16.4. The second-order valence-electron chi connectivity index (χ2n) is 4.72. The maximum atomic E-state index is 12.1. The van der Waals surface area contributed by atoms with Gasteiger partial charge in [-0.25, -0.2) is 4.98 Å². The Balaban J connectivity index is 1.92. The van der Waals surface area contributed by atoms with Gasteiger partial charge in [0.15, 0.2) is 5.82 Å². The minimum atomic E-state index is -0.258. The van der Waals surface area contributed by atoms with Crippen LogP contribution in [-0.4, -0.2) is 36.1 Å². The highest BCUT2D eigenvalue weighted by molar-refractivity contribution is 5.76. The number of nitrogens with one attached hydrogen (secondary N) is 2. The summed E-state index contributed by atoms with van der Waals surface area (Å²) in [4.78, 5) is 16.1. The molecular formula is C12H19N7O. The van der Waals surface area contributed by atoms with Crippen LogP contribution in [0.2, 0.25) is 0 Å². The third-order valence-corrected chi connectivity index (χ3v) is 3.12. The number of aromatic nitrogens is 6. The van der Waals surface area contributed by atoms with Gasteiger partial charge in [-0.05, 0) is 13.3 Å². The van der Waals surface area contributed by atoms with E-state index in [2.05, 4.69) is 37.8 Å². The second-order valence-corrected chi connectivity index (χ2v) is 4.72. The van der Waals surface area contributed by atoms with E-state index in [9.17, 15) is 4.79 Å². The Hall–Kier alpha value is -2.25. The molecule has 2 atom stereocenters. The molecule has 2 N–H and O–H groups in total. The lowest BCUT2D eigenvalue weighted by Gasteiger charge is -2.18. The average molecular weight is 277 g/mol. The van der Waals surface area contributed by atoms with Gasteiger partial charge in [0.1, 0.15) is 0 Å². The highest BCUT2D eigenvalue weighted by atomic mass is 16.1. The molecule has 0 aliphatic rings. The number of nitrogens with zero attached hydrogens (tertiary/aromatic N) is 5. The van der Waals surface area contributed by atoms with E-state index in [1.165, 1.54) is 0 Å². The van der Waals surface area contributed by atoms with E-state index < -0.39 is 0 Å². The zero-order valence-electron chi connectivity index (χ0n) is 11.7. The van der Waals surface area contributed by atoms with E-state index in [4.69, 9.17) is 0 Å². The molecule has 8 heteroatoms. The molecule has 108 valence electrons. The summed E-state index contributed by atoms with van der Waals surface area (Å²) >= 11 is 0. The summed E-state index contributed by atoms with van der Waals surface area (Å²) in [6.45, 7) is 3.93. The van der Waals surface area contributed by atoms with Gasteiger partial charge >= 0.3 is 0 Å². The molecule has 2 rings (SSSR count). The van der Waals surface area contributed by atoms with E-state index in [1.807, 2.05) is 17.7 Å². The molecule has 2 unspecified atom stereocenters. The summed E-state index contributed by atoms with van der Waals surface area (Å²) in [6.07, 6.45) is 7.71. The second kappa shape index (κ2) is 6.78. The van der Waals surface area contributed by atoms with Gasteiger partial charge in [0, 0.05) is 24.9 Å². The number of carbonyl (C=O) groups excluding carboxylic acids is 1. The first-order chi connectivity index (χ1) is 9.70. The first-order valence-electron chi connectivity index (χ1n) is 6.70. The van der Waals surface area contributed by atoms with E-state index in [0.717, 1.165) is 12.8 Å². The Morgan fingerprint density at radius 3 is 3.00 bits per heavy atom. The molecule has 8 nitrogen and oxygen atoms in total. The molecule has 0 saturated heterocycles. The van der Waals surface area contributed by atoms with Gasteiger partial charge in [-0.15, -0.1) is 10.2 Å². The fourth-order valence-electron chi connectivity index (χ4n) is 2.11. The molecule has 2 aromatic heterocycles. The molecule has 2 aromatic rings. The van der Waals surface area contributed by atoms with Gasteiger partial charge in [-0.2, -0.15) is 5.21 Å². The van der Waals surface area contributed by atoms with E-state index in [0.29, 0.717) is 12.2 Å². The third-order valence-electron chi connectivity index (χ3n) is 3.12. The smallest absolute Gasteiger partial charge is 0.222 e. The standard InChI is InChI=1S/C12H19N7O/c1-3-4-10(19-6-5-13-8-19)7-11(20)14-9(2)12-15-17-18-16-12/h5-6,8-10H,3-4,7H2,1-2H3,(H,14,20)(H,15,16,17,18). The number of carbonyl (C=O) groups is 1. The van der Waals surface area contributed by atoms with Crippen molar-refractivity contribution in [3.05, 3.63) is 24.5 Å². The topological polar surface area (TPSA) is 101 Å². The monoisotopic (exact) mass is 277 g/mol. The first kappa shape index (κ1) is 14.2.